The van der Waals surface area contributed by atoms with Gasteiger partial charge in [-0.05, 0) is 36.3 Å². The average Bonchev–Trinajstić information content (AvgIpc) is 3.36. The van der Waals surface area contributed by atoms with Crippen molar-refractivity contribution in [3.63, 3.8) is 0 Å². The lowest BCUT2D eigenvalue weighted by Crippen LogP contribution is -1.96. The molecule has 0 amide bonds. The highest BCUT2D eigenvalue weighted by Crippen LogP contribution is 2.39. The number of nitrogens with zero attached hydrogens (tertiary/aromatic N) is 4. The molecule has 2 aromatic heterocycles. The van der Waals surface area contributed by atoms with E-state index < -0.39 is 0 Å². The smallest absolute Gasteiger partial charge is 0.119 e. The first kappa shape index (κ1) is 18.0. The number of nitriles is 1. The average molecular weight is 393 g/mol. The van der Waals surface area contributed by atoms with Crippen LogP contribution in [0.25, 0.3) is 27.9 Å². The van der Waals surface area contributed by atoms with Crippen LogP contribution in [0.15, 0.2) is 67.1 Å². The molecule has 0 spiro atoms. The molecular weight excluding hydrogens is 374 g/mol. The lowest BCUT2D eigenvalue weighted by Gasteiger charge is -2.06. The number of benzene rings is 2. The Kier molecular flexibility index (Phi) is 4.41. The van der Waals surface area contributed by atoms with E-state index in [0.29, 0.717) is 11.1 Å². The molecule has 0 bridgehead atoms. The van der Waals surface area contributed by atoms with E-state index in [1.54, 1.807) is 13.4 Å². The number of methoxy groups -OCH3 is 1. The fraction of sp³-hybridized carbons (Fsp3) is 0.125. The van der Waals surface area contributed by atoms with E-state index in [0.717, 1.165) is 52.4 Å². The summed E-state index contributed by atoms with van der Waals surface area (Å²) < 4.78 is 7.39. The SMILES string of the molecule is COc1ccc(N/C=C2\CCn3c2c(C#N)c2ncnc(-c4ccccc4)c23)cc1. The molecule has 6 heteroatoms. The number of nitrogens with one attached hydrogen (secondary N) is 1. The fourth-order valence-electron chi connectivity index (χ4n) is 4.00. The minimum atomic E-state index is 0.602. The van der Waals surface area contributed by atoms with Crippen molar-refractivity contribution in [3.05, 3.63) is 78.4 Å². The molecule has 0 fully saturated rings. The number of hydrogen-bond donors (Lipinski definition) is 1. The zero-order valence-electron chi connectivity index (χ0n) is 16.5. The van der Waals surface area contributed by atoms with Gasteiger partial charge in [0.05, 0.1) is 24.0 Å². The highest BCUT2D eigenvalue weighted by molar-refractivity contribution is 5.98. The summed E-state index contributed by atoms with van der Waals surface area (Å²) in [6, 6.07) is 20.2. The highest BCUT2D eigenvalue weighted by Gasteiger charge is 2.28. The minimum absolute atomic E-state index is 0.602. The molecule has 1 aliphatic heterocycles. The van der Waals surface area contributed by atoms with Crippen LogP contribution in [0, 0.1) is 11.3 Å². The predicted octanol–water partition coefficient (Wildman–Crippen LogP) is 4.84. The molecule has 0 unspecified atom stereocenters. The molecule has 0 atom stereocenters. The Balaban J connectivity index is 1.61. The van der Waals surface area contributed by atoms with Crippen molar-refractivity contribution < 1.29 is 4.74 Å². The number of fused-ring (bicyclic) bond motifs is 3. The van der Waals surface area contributed by atoms with Crippen LogP contribution in [0.1, 0.15) is 17.7 Å². The largest absolute Gasteiger partial charge is 0.497 e. The molecule has 2 aromatic carbocycles. The Morgan fingerprint density at radius 3 is 2.63 bits per heavy atom. The van der Waals surface area contributed by atoms with Crippen LogP contribution in [0.2, 0.25) is 0 Å². The Hall–Kier alpha value is -4.11. The summed E-state index contributed by atoms with van der Waals surface area (Å²) in [6.45, 7) is 0.789. The van der Waals surface area contributed by atoms with Crippen molar-refractivity contribution in [1.82, 2.24) is 14.5 Å². The Morgan fingerprint density at radius 1 is 1.10 bits per heavy atom. The first-order valence-corrected chi connectivity index (χ1v) is 9.73. The first-order valence-electron chi connectivity index (χ1n) is 9.73. The van der Waals surface area contributed by atoms with Crippen LogP contribution in [-0.2, 0) is 6.54 Å². The van der Waals surface area contributed by atoms with E-state index in [9.17, 15) is 5.26 Å². The topological polar surface area (TPSA) is 75.8 Å². The van der Waals surface area contributed by atoms with Gasteiger partial charge < -0.3 is 14.6 Å². The molecule has 0 saturated heterocycles. The van der Waals surface area contributed by atoms with Gasteiger partial charge in [0.1, 0.15) is 29.2 Å². The van der Waals surface area contributed by atoms with Gasteiger partial charge in [-0.1, -0.05) is 30.3 Å². The summed E-state index contributed by atoms with van der Waals surface area (Å²) in [7, 11) is 1.65. The molecular formula is C24H19N5O. The fourth-order valence-corrected chi connectivity index (χ4v) is 4.00. The third kappa shape index (κ3) is 2.88. The van der Waals surface area contributed by atoms with Gasteiger partial charge in [-0.25, -0.2) is 9.97 Å². The quantitative estimate of drug-likeness (QED) is 0.537. The number of aryl methyl sites for hydroxylation is 1. The molecule has 30 heavy (non-hydrogen) atoms. The third-order valence-electron chi connectivity index (χ3n) is 5.41. The van der Waals surface area contributed by atoms with E-state index >= 15 is 0 Å². The molecule has 0 aliphatic carbocycles. The first-order chi connectivity index (χ1) is 14.8. The van der Waals surface area contributed by atoms with Crippen LogP contribution in [0.4, 0.5) is 5.69 Å². The zero-order valence-corrected chi connectivity index (χ0v) is 16.5. The van der Waals surface area contributed by atoms with Gasteiger partial charge >= 0.3 is 0 Å². The van der Waals surface area contributed by atoms with E-state index in [4.69, 9.17) is 4.74 Å². The van der Waals surface area contributed by atoms with E-state index in [-0.39, 0.29) is 0 Å². The second-order valence-corrected chi connectivity index (χ2v) is 7.06. The van der Waals surface area contributed by atoms with Crippen molar-refractivity contribution in [1.29, 1.82) is 5.26 Å². The maximum atomic E-state index is 9.93. The molecule has 3 heterocycles. The second kappa shape index (κ2) is 7.37. The number of ether oxygens (including phenoxy) is 1. The van der Waals surface area contributed by atoms with E-state index in [1.807, 2.05) is 60.8 Å². The van der Waals surface area contributed by atoms with E-state index in [1.165, 1.54) is 0 Å². The lowest BCUT2D eigenvalue weighted by molar-refractivity contribution is 0.415. The Labute approximate surface area is 174 Å². The number of hydrogen-bond acceptors (Lipinski definition) is 5. The van der Waals surface area contributed by atoms with Gasteiger partial charge in [-0.15, -0.1) is 0 Å². The van der Waals surface area contributed by atoms with Crippen molar-refractivity contribution in [2.45, 2.75) is 13.0 Å². The van der Waals surface area contributed by atoms with Gasteiger partial charge in [-0.3, -0.25) is 0 Å². The van der Waals surface area contributed by atoms with Crippen LogP contribution in [0.5, 0.6) is 5.75 Å². The molecule has 0 saturated carbocycles. The second-order valence-electron chi connectivity index (χ2n) is 7.06. The summed E-state index contributed by atoms with van der Waals surface area (Å²) >= 11 is 0. The summed E-state index contributed by atoms with van der Waals surface area (Å²) in [6.07, 6.45) is 4.36. The predicted molar refractivity (Wildman–Crippen MR) is 117 cm³/mol. The van der Waals surface area contributed by atoms with Gasteiger partial charge in [0.25, 0.3) is 0 Å². The van der Waals surface area contributed by atoms with Crippen LogP contribution in [0.3, 0.4) is 0 Å². The van der Waals surface area contributed by atoms with Gasteiger partial charge in [0.2, 0.25) is 0 Å². The lowest BCUT2D eigenvalue weighted by atomic mass is 10.1. The molecule has 5 rings (SSSR count). The van der Waals surface area contributed by atoms with Crippen LogP contribution < -0.4 is 10.1 Å². The van der Waals surface area contributed by atoms with Gasteiger partial charge in [0, 0.05) is 24.0 Å². The third-order valence-corrected chi connectivity index (χ3v) is 5.41. The van der Waals surface area contributed by atoms with Gasteiger partial charge in [-0.2, -0.15) is 5.26 Å². The van der Waals surface area contributed by atoms with Crippen molar-refractivity contribution in [2.24, 2.45) is 0 Å². The van der Waals surface area contributed by atoms with Crippen molar-refractivity contribution in [3.8, 4) is 23.1 Å². The maximum absolute atomic E-state index is 9.93. The van der Waals surface area contributed by atoms with Crippen molar-refractivity contribution >= 4 is 22.3 Å². The molecule has 1 aliphatic rings. The standard InChI is InChI=1S/C24H19N5O/c1-30-19-9-7-18(8-10-19)26-14-17-11-12-29-23(17)20(13-25)22-24(29)21(27-15-28-22)16-5-3-2-4-6-16/h2-10,14-15,26H,11-12H2,1H3/b17-14+. The van der Waals surface area contributed by atoms with Gasteiger partial charge in [0.15, 0.2) is 0 Å². The van der Waals surface area contributed by atoms with Crippen LogP contribution >= 0.6 is 0 Å². The minimum Gasteiger partial charge on any atom is -0.497 e. The zero-order chi connectivity index (χ0) is 20.5. The van der Waals surface area contributed by atoms with E-state index in [2.05, 4.69) is 25.9 Å². The number of rotatable bonds is 4. The highest BCUT2D eigenvalue weighted by atomic mass is 16.5. The summed E-state index contributed by atoms with van der Waals surface area (Å²) in [4.78, 5) is 9.01. The normalized spacial score (nSPS) is 13.9. The molecule has 0 radical (unpaired) electrons. The van der Waals surface area contributed by atoms with Crippen LogP contribution in [-0.4, -0.2) is 21.6 Å². The monoisotopic (exact) mass is 393 g/mol. The number of anilines is 1. The molecule has 4 aromatic rings. The molecule has 146 valence electrons. The summed E-state index contributed by atoms with van der Waals surface area (Å²) in [5.74, 6) is 0.813. The molecule has 1 N–H and O–H groups in total. The maximum Gasteiger partial charge on any atom is 0.119 e. The molecule has 6 nitrogen and oxygen atoms in total. The van der Waals surface area contributed by atoms with Crippen molar-refractivity contribution in [2.75, 3.05) is 12.4 Å². The summed E-state index contributed by atoms with van der Waals surface area (Å²) in [5.41, 5.74) is 7.06. The Morgan fingerprint density at radius 2 is 1.90 bits per heavy atom. The number of aromatic nitrogens is 3. The Bertz CT molecular complexity index is 1300. The summed E-state index contributed by atoms with van der Waals surface area (Å²) in [5, 5.41) is 13.3. The number of allylic oxidation sites excluding steroid dienone is 1.